The highest BCUT2D eigenvalue weighted by Crippen LogP contribution is 2.26. The normalized spacial score (nSPS) is 14.1. The fraction of sp³-hybridized carbons (Fsp3) is 0.154. The van der Waals surface area contributed by atoms with Gasteiger partial charge < -0.3 is 16.5 Å². The number of hydrazine groups is 1. The van der Waals surface area contributed by atoms with Crippen molar-refractivity contribution in [3.8, 4) is 0 Å². The van der Waals surface area contributed by atoms with Crippen molar-refractivity contribution in [3.05, 3.63) is 36.0 Å². The first kappa shape index (κ1) is 13.0. The summed E-state index contributed by atoms with van der Waals surface area (Å²) < 4.78 is 6.19. The molecule has 5 N–H and O–H groups in total. The van der Waals surface area contributed by atoms with Gasteiger partial charge in [0, 0.05) is 18.3 Å². The predicted molar refractivity (Wildman–Crippen MR) is 86.6 cm³/mol. The zero-order valence-electron chi connectivity index (χ0n) is 11.8. The van der Waals surface area contributed by atoms with E-state index in [1.807, 2.05) is 29.8 Å². The molecule has 3 aromatic heterocycles. The Morgan fingerprint density at radius 1 is 1.45 bits per heavy atom. The van der Waals surface area contributed by atoms with Crippen LogP contribution in [0.2, 0.25) is 0 Å². The number of nitrogens with two attached hydrogens (primary N) is 1. The summed E-state index contributed by atoms with van der Waals surface area (Å²) in [5.41, 5.74) is 15.7. The zero-order valence-corrected chi connectivity index (χ0v) is 12.6. The Hall–Kier alpha value is -2.65. The Morgan fingerprint density at radius 3 is 3.09 bits per heavy atom. The van der Waals surface area contributed by atoms with Gasteiger partial charge in [-0.05, 0) is 24.5 Å². The van der Waals surface area contributed by atoms with Crippen molar-refractivity contribution in [2.24, 2.45) is 0 Å². The summed E-state index contributed by atoms with van der Waals surface area (Å²) in [6, 6.07) is 1.96. The fourth-order valence-electron chi connectivity index (χ4n) is 2.37. The predicted octanol–water partition coefficient (Wildman–Crippen LogP) is 1.27. The van der Waals surface area contributed by atoms with Gasteiger partial charge in [0.2, 0.25) is 0 Å². The van der Waals surface area contributed by atoms with Crippen molar-refractivity contribution in [1.29, 1.82) is 0 Å². The minimum absolute atomic E-state index is 0.426. The van der Waals surface area contributed by atoms with Crippen LogP contribution >= 0.6 is 11.5 Å². The van der Waals surface area contributed by atoms with E-state index in [9.17, 15) is 0 Å². The lowest BCUT2D eigenvalue weighted by atomic mass is 10.2. The molecule has 0 spiro atoms. The molecule has 0 fully saturated rings. The highest BCUT2D eigenvalue weighted by Gasteiger charge is 2.16. The summed E-state index contributed by atoms with van der Waals surface area (Å²) in [6.07, 6.45) is 5.51. The average molecular weight is 314 g/mol. The van der Waals surface area contributed by atoms with Crippen LogP contribution in [0, 0.1) is 6.92 Å². The third-order valence-corrected chi connectivity index (χ3v) is 4.13. The number of imidazole rings is 1. The van der Waals surface area contributed by atoms with Gasteiger partial charge >= 0.3 is 0 Å². The SMILES string of the molecule is Cc1cc(Nc2nc(N)cn3c(C4=CNNC4)cnc23)sn1. The van der Waals surface area contributed by atoms with Crippen LogP contribution in [0.3, 0.4) is 0 Å². The molecule has 9 heteroatoms. The molecular weight excluding hydrogens is 300 g/mol. The molecule has 22 heavy (non-hydrogen) atoms. The van der Waals surface area contributed by atoms with Gasteiger partial charge in [-0.25, -0.2) is 15.4 Å². The molecule has 1 aliphatic rings. The number of fused-ring (bicyclic) bond motifs is 1. The van der Waals surface area contributed by atoms with Gasteiger partial charge in [-0.3, -0.25) is 4.40 Å². The molecule has 0 radical (unpaired) electrons. The summed E-state index contributed by atoms with van der Waals surface area (Å²) in [7, 11) is 0. The van der Waals surface area contributed by atoms with Crippen LogP contribution in [-0.4, -0.2) is 25.3 Å². The third kappa shape index (κ3) is 2.16. The molecule has 4 rings (SSSR count). The highest BCUT2D eigenvalue weighted by atomic mass is 32.1. The van der Waals surface area contributed by atoms with Gasteiger partial charge in [-0.15, -0.1) is 0 Å². The Morgan fingerprint density at radius 2 is 2.36 bits per heavy atom. The highest BCUT2D eigenvalue weighted by molar-refractivity contribution is 7.10. The van der Waals surface area contributed by atoms with E-state index in [2.05, 4.69) is 30.5 Å². The van der Waals surface area contributed by atoms with Gasteiger partial charge in [0.25, 0.3) is 0 Å². The summed E-state index contributed by atoms with van der Waals surface area (Å²) in [4.78, 5) is 8.83. The van der Waals surface area contributed by atoms with Gasteiger partial charge in [-0.2, -0.15) is 4.37 Å². The average Bonchev–Trinajstić information content (AvgIpc) is 3.18. The molecule has 0 aliphatic carbocycles. The Kier molecular flexibility index (Phi) is 2.94. The number of aromatic nitrogens is 4. The minimum atomic E-state index is 0.426. The standard InChI is InChI=1S/C13H14N8S/c1-7-2-11(22-20-7)19-12-13-15-5-9(8-3-16-17-4-8)21(13)6-10(14)18-12/h2-3,5-6,16-17H,4,14H2,1H3,(H,18,19). The molecule has 1 aliphatic heterocycles. The van der Waals surface area contributed by atoms with Crippen LogP contribution in [0.4, 0.5) is 16.6 Å². The summed E-state index contributed by atoms with van der Waals surface area (Å²) in [5, 5.41) is 4.15. The smallest absolute Gasteiger partial charge is 0.181 e. The topological polar surface area (TPSA) is 105 Å². The van der Waals surface area contributed by atoms with Gasteiger partial charge in [0.1, 0.15) is 10.8 Å². The number of nitrogens with one attached hydrogen (secondary N) is 3. The fourth-order valence-corrected chi connectivity index (χ4v) is 3.03. The van der Waals surface area contributed by atoms with E-state index >= 15 is 0 Å². The number of rotatable bonds is 3. The van der Waals surface area contributed by atoms with Gasteiger partial charge in [0.05, 0.1) is 23.8 Å². The van der Waals surface area contributed by atoms with E-state index < -0.39 is 0 Å². The minimum Gasteiger partial charge on any atom is -0.382 e. The van der Waals surface area contributed by atoms with Crippen molar-refractivity contribution in [2.75, 3.05) is 17.6 Å². The summed E-state index contributed by atoms with van der Waals surface area (Å²) >= 11 is 1.38. The maximum atomic E-state index is 5.95. The van der Waals surface area contributed by atoms with Crippen molar-refractivity contribution in [1.82, 2.24) is 29.6 Å². The molecule has 112 valence electrons. The lowest BCUT2D eigenvalue weighted by Gasteiger charge is -2.07. The molecule has 8 nitrogen and oxygen atoms in total. The first-order valence-electron chi connectivity index (χ1n) is 6.72. The van der Waals surface area contributed by atoms with Crippen LogP contribution in [0.5, 0.6) is 0 Å². The number of nitrogens with zero attached hydrogens (tertiary/aromatic N) is 4. The third-order valence-electron chi connectivity index (χ3n) is 3.34. The first-order chi connectivity index (χ1) is 10.7. The van der Waals surface area contributed by atoms with Gasteiger partial charge in [0.15, 0.2) is 11.5 Å². The molecule has 3 aromatic rings. The molecule has 0 bridgehead atoms. The number of aryl methyl sites for hydroxylation is 1. The second kappa shape index (κ2) is 4.97. The molecule has 0 saturated carbocycles. The second-order valence-corrected chi connectivity index (χ2v) is 5.78. The summed E-state index contributed by atoms with van der Waals surface area (Å²) in [5.74, 6) is 1.05. The van der Waals surface area contributed by atoms with E-state index in [1.54, 1.807) is 6.20 Å². The molecule has 0 amide bonds. The maximum Gasteiger partial charge on any atom is 0.181 e. The quantitative estimate of drug-likeness (QED) is 0.577. The van der Waals surface area contributed by atoms with E-state index in [-0.39, 0.29) is 0 Å². The van der Waals surface area contributed by atoms with E-state index in [4.69, 9.17) is 5.73 Å². The zero-order chi connectivity index (χ0) is 15.1. The monoisotopic (exact) mass is 314 g/mol. The van der Waals surface area contributed by atoms with E-state index in [1.165, 1.54) is 11.5 Å². The molecule has 0 atom stereocenters. The molecule has 4 heterocycles. The van der Waals surface area contributed by atoms with Crippen molar-refractivity contribution >= 4 is 39.4 Å². The number of hydrogen-bond acceptors (Lipinski definition) is 8. The number of anilines is 3. The lowest BCUT2D eigenvalue weighted by molar-refractivity contribution is 0.729. The van der Waals surface area contributed by atoms with Crippen LogP contribution in [0.25, 0.3) is 11.2 Å². The Bertz CT molecular complexity index is 877. The van der Waals surface area contributed by atoms with Crippen LogP contribution in [0.1, 0.15) is 11.4 Å². The van der Waals surface area contributed by atoms with Crippen LogP contribution in [0.15, 0.2) is 24.7 Å². The van der Waals surface area contributed by atoms with E-state index in [0.717, 1.165) is 34.2 Å². The van der Waals surface area contributed by atoms with E-state index in [0.29, 0.717) is 11.6 Å². The largest absolute Gasteiger partial charge is 0.382 e. The van der Waals surface area contributed by atoms with Crippen LogP contribution in [-0.2, 0) is 0 Å². The molecule has 0 unspecified atom stereocenters. The molecular formula is C13H14N8S. The first-order valence-corrected chi connectivity index (χ1v) is 7.50. The number of hydrogen-bond donors (Lipinski definition) is 4. The van der Waals surface area contributed by atoms with Crippen molar-refractivity contribution in [2.45, 2.75) is 6.92 Å². The second-order valence-electron chi connectivity index (χ2n) is 4.98. The maximum absolute atomic E-state index is 5.95. The Balaban J connectivity index is 1.81. The number of nitrogen functional groups attached to an aromatic ring is 1. The van der Waals surface area contributed by atoms with Crippen molar-refractivity contribution < 1.29 is 0 Å². The van der Waals surface area contributed by atoms with Crippen molar-refractivity contribution in [3.63, 3.8) is 0 Å². The summed E-state index contributed by atoms with van der Waals surface area (Å²) in [6.45, 7) is 2.68. The molecule has 0 aromatic carbocycles. The van der Waals surface area contributed by atoms with Crippen LogP contribution < -0.4 is 21.9 Å². The van der Waals surface area contributed by atoms with Gasteiger partial charge in [-0.1, -0.05) is 0 Å². The molecule has 0 saturated heterocycles. The Labute approximate surface area is 130 Å². The lowest BCUT2D eigenvalue weighted by Crippen LogP contribution is -2.20.